The van der Waals surface area contributed by atoms with Crippen LogP contribution in [0, 0.1) is 0 Å². The van der Waals surface area contributed by atoms with Crippen LogP contribution in [-0.4, -0.2) is 18.7 Å². The van der Waals surface area contributed by atoms with Crippen LogP contribution >= 0.6 is 0 Å². The summed E-state index contributed by atoms with van der Waals surface area (Å²) in [5, 5.41) is 0. The summed E-state index contributed by atoms with van der Waals surface area (Å²) in [6.45, 7) is 0.454. The van der Waals surface area contributed by atoms with Gasteiger partial charge in [0, 0.05) is 0 Å². The van der Waals surface area contributed by atoms with Gasteiger partial charge in [-0.25, -0.2) is 4.79 Å². The van der Waals surface area contributed by atoms with Crippen LogP contribution in [0.5, 0.6) is 0 Å². The Morgan fingerprint density at radius 3 is 2.71 bits per heavy atom. The second kappa shape index (κ2) is 1.48. The van der Waals surface area contributed by atoms with Crippen LogP contribution < -0.4 is 5.90 Å². The lowest BCUT2D eigenvalue weighted by Crippen LogP contribution is -2.15. The first-order valence-corrected chi connectivity index (χ1v) is 1.87. The van der Waals surface area contributed by atoms with Crippen LogP contribution in [-0.2, 0) is 14.4 Å². The molecular formula is C3H5NO3. The van der Waals surface area contributed by atoms with Crippen molar-refractivity contribution in [2.75, 3.05) is 6.61 Å². The highest BCUT2D eigenvalue weighted by atomic mass is 16.7. The van der Waals surface area contributed by atoms with Crippen LogP contribution in [0.2, 0.25) is 0 Å². The van der Waals surface area contributed by atoms with Crippen molar-refractivity contribution >= 4 is 5.97 Å². The van der Waals surface area contributed by atoms with Gasteiger partial charge in [0.2, 0.25) is 0 Å². The summed E-state index contributed by atoms with van der Waals surface area (Å²) in [5.74, 6) is 4.00. The topological polar surface area (TPSA) is 64.8 Å². The Labute approximate surface area is 40.1 Å². The van der Waals surface area contributed by atoms with E-state index in [0.717, 1.165) is 0 Å². The van der Waals surface area contributed by atoms with Gasteiger partial charge in [0.1, 0.15) is 0 Å². The van der Waals surface area contributed by atoms with Crippen molar-refractivity contribution in [1.29, 1.82) is 0 Å². The number of ether oxygens (including phenoxy) is 1. The molecule has 1 heterocycles. The fraction of sp³-hybridized carbons (Fsp3) is 0.667. The fourth-order valence-electron chi connectivity index (χ4n) is 0.260. The Morgan fingerprint density at radius 2 is 2.57 bits per heavy atom. The Bertz CT molecular complexity index is 88.2. The van der Waals surface area contributed by atoms with E-state index >= 15 is 0 Å². The Balaban J connectivity index is 2.24. The van der Waals surface area contributed by atoms with Crippen molar-refractivity contribution < 1.29 is 14.4 Å². The monoisotopic (exact) mass is 103 g/mol. The number of nitrogens with two attached hydrogens (primary N) is 1. The van der Waals surface area contributed by atoms with Crippen LogP contribution in [0.4, 0.5) is 0 Å². The molecule has 0 aromatic rings. The van der Waals surface area contributed by atoms with Crippen molar-refractivity contribution in [2.45, 2.75) is 6.10 Å². The second-order valence-electron chi connectivity index (χ2n) is 1.26. The molecule has 2 N–H and O–H groups in total. The molecule has 7 heavy (non-hydrogen) atoms. The van der Waals surface area contributed by atoms with E-state index in [9.17, 15) is 4.79 Å². The minimum atomic E-state index is -0.486. The lowest BCUT2D eigenvalue weighted by molar-refractivity contribution is -0.145. The van der Waals surface area contributed by atoms with E-state index in [2.05, 4.69) is 15.5 Å². The molecule has 1 atom stereocenters. The molecule has 0 aromatic heterocycles. The summed E-state index contributed by atoms with van der Waals surface area (Å²) < 4.78 is 4.51. The van der Waals surface area contributed by atoms with Gasteiger partial charge in [-0.3, -0.25) is 0 Å². The third-order valence-corrected chi connectivity index (χ3v) is 0.712. The van der Waals surface area contributed by atoms with Crippen molar-refractivity contribution in [1.82, 2.24) is 0 Å². The largest absolute Gasteiger partial charge is 0.371 e. The van der Waals surface area contributed by atoms with E-state index in [0.29, 0.717) is 6.61 Å². The van der Waals surface area contributed by atoms with Gasteiger partial charge in [0.25, 0.3) is 0 Å². The molecule has 0 saturated carbocycles. The standard InChI is InChI=1S/C3H5NO3/c4-7-3(5)2-1-6-2/h2H,1,4H2. The molecule has 0 bridgehead atoms. The predicted octanol–water partition coefficient (Wildman–Crippen LogP) is -1.20. The van der Waals surface area contributed by atoms with Crippen LogP contribution in [0.15, 0.2) is 0 Å². The Morgan fingerprint density at radius 1 is 2.00 bits per heavy atom. The predicted molar refractivity (Wildman–Crippen MR) is 20.0 cm³/mol. The van der Waals surface area contributed by atoms with Gasteiger partial charge >= 0.3 is 5.97 Å². The third-order valence-electron chi connectivity index (χ3n) is 0.712. The number of hydrogen-bond acceptors (Lipinski definition) is 4. The van der Waals surface area contributed by atoms with Crippen molar-refractivity contribution in [2.24, 2.45) is 5.90 Å². The highest BCUT2D eigenvalue weighted by Crippen LogP contribution is 2.08. The summed E-state index contributed by atoms with van der Waals surface area (Å²) >= 11 is 0. The number of epoxide rings is 1. The first-order valence-electron chi connectivity index (χ1n) is 1.87. The van der Waals surface area contributed by atoms with E-state index in [1.165, 1.54) is 0 Å². The maximum absolute atomic E-state index is 10.1. The van der Waals surface area contributed by atoms with Gasteiger partial charge in [-0.2, -0.15) is 5.90 Å². The lowest BCUT2D eigenvalue weighted by Gasteiger charge is -1.86. The Hall–Kier alpha value is -0.610. The number of rotatable bonds is 1. The fourth-order valence-corrected chi connectivity index (χ4v) is 0.260. The van der Waals surface area contributed by atoms with Gasteiger partial charge in [-0.15, -0.1) is 0 Å². The molecule has 40 valence electrons. The van der Waals surface area contributed by atoms with Crippen molar-refractivity contribution in [3.63, 3.8) is 0 Å². The van der Waals surface area contributed by atoms with E-state index in [4.69, 9.17) is 0 Å². The zero-order chi connectivity index (χ0) is 5.28. The average molecular weight is 103 g/mol. The van der Waals surface area contributed by atoms with Gasteiger partial charge in [0.15, 0.2) is 6.10 Å². The molecule has 1 fully saturated rings. The maximum atomic E-state index is 10.1. The lowest BCUT2D eigenvalue weighted by atomic mass is 10.5. The van der Waals surface area contributed by atoms with Gasteiger partial charge in [-0.05, 0) is 0 Å². The minimum absolute atomic E-state index is 0.370. The first kappa shape index (κ1) is 4.55. The minimum Gasteiger partial charge on any atom is -0.371 e. The van der Waals surface area contributed by atoms with E-state index in [-0.39, 0.29) is 6.10 Å². The molecule has 1 aliphatic heterocycles. The van der Waals surface area contributed by atoms with Crippen LogP contribution in [0.3, 0.4) is 0 Å². The van der Waals surface area contributed by atoms with E-state index in [1.54, 1.807) is 0 Å². The third kappa shape index (κ3) is 0.880. The molecule has 0 aromatic carbocycles. The zero-order valence-corrected chi connectivity index (χ0v) is 3.59. The first-order chi connectivity index (χ1) is 3.34. The quantitative estimate of drug-likeness (QED) is 0.334. The van der Waals surface area contributed by atoms with Gasteiger partial charge in [0.05, 0.1) is 6.61 Å². The summed E-state index contributed by atoms with van der Waals surface area (Å²) in [6, 6.07) is 0. The normalized spacial score (nSPS) is 26.7. The average Bonchev–Trinajstić information content (AvgIpc) is 2.44. The maximum Gasteiger partial charge on any atom is 0.356 e. The van der Waals surface area contributed by atoms with Crippen molar-refractivity contribution in [3.05, 3.63) is 0 Å². The summed E-state index contributed by atoms with van der Waals surface area (Å²) in [7, 11) is 0. The molecule has 0 aliphatic carbocycles. The summed E-state index contributed by atoms with van der Waals surface area (Å²) in [6.07, 6.45) is -0.370. The van der Waals surface area contributed by atoms with E-state index < -0.39 is 5.97 Å². The molecule has 1 aliphatic rings. The molecule has 0 spiro atoms. The smallest absolute Gasteiger partial charge is 0.356 e. The number of carbonyl (C=O) groups is 1. The SMILES string of the molecule is NOC(=O)C1CO1. The van der Waals surface area contributed by atoms with E-state index in [1.807, 2.05) is 0 Å². The molecule has 1 unspecified atom stereocenters. The van der Waals surface area contributed by atoms with Gasteiger partial charge in [-0.1, -0.05) is 0 Å². The van der Waals surface area contributed by atoms with Crippen molar-refractivity contribution in [3.8, 4) is 0 Å². The zero-order valence-electron chi connectivity index (χ0n) is 3.59. The number of hydrogen-bond donors (Lipinski definition) is 1. The molecule has 1 rings (SSSR count). The molecule has 1 saturated heterocycles. The van der Waals surface area contributed by atoms with Crippen LogP contribution in [0.25, 0.3) is 0 Å². The molecule has 0 amide bonds. The summed E-state index contributed by atoms with van der Waals surface area (Å²) in [4.78, 5) is 13.9. The highest BCUT2D eigenvalue weighted by Gasteiger charge is 2.32. The summed E-state index contributed by atoms with van der Waals surface area (Å²) in [5.41, 5.74) is 0. The molecule has 4 heteroatoms. The second-order valence-corrected chi connectivity index (χ2v) is 1.26. The Kier molecular flexibility index (Phi) is 0.958. The molecule has 0 radical (unpaired) electrons. The van der Waals surface area contributed by atoms with Crippen LogP contribution in [0.1, 0.15) is 0 Å². The highest BCUT2D eigenvalue weighted by molar-refractivity contribution is 5.76. The molecule has 4 nitrogen and oxygen atoms in total. The van der Waals surface area contributed by atoms with Gasteiger partial charge < -0.3 is 9.57 Å². The number of carbonyl (C=O) groups excluding carboxylic acids is 1. The molecular weight excluding hydrogens is 98.0 g/mol.